The standard InChI is InChI=1S/C15H17N3O/c1-10-15(18-14(17-10)7-4-8-19)12-9-16-13-6-3-2-5-11(12)13/h2-3,5-6,9,16,19H,4,7-8H2,1H3,(H,17,18). The quantitative estimate of drug-likeness (QED) is 0.671. The van der Waals surface area contributed by atoms with Crippen LogP contribution in [0.3, 0.4) is 0 Å². The van der Waals surface area contributed by atoms with Gasteiger partial charge in [-0.2, -0.15) is 0 Å². The largest absolute Gasteiger partial charge is 0.396 e. The van der Waals surface area contributed by atoms with Gasteiger partial charge >= 0.3 is 0 Å². The second kappa shape index (κ2) is 4.90. The molecule has 3 rings (SSSR count). The van der Waals surface area contributed by atoms with Crippen LogP contribution < -0.4 is 0 Å². The number of aliphatic hydroxyl groups is 1. The maximum absolute atomic E-state index is 8.88. The average molecular weight is 255 g/mol. The van der Waals surface area contributed by atoms with Crippen LogP contribution in [0, 0.1) is 6.92 Å². The number of rotatable bonds is 4. The lowest BCUT2D eigenvalue weighted by Crippen LogP contribution is -1.91. The van der Waals surface area contributed by atoms with Gasteiger partial charge in [0.15, 0.2) is 0 Å². The smallest absolute Gasteiger partial charge is 0.107 e. The highest BCUT2D eigenvalue weighted by atomic mass is 16.2. The lowest BCUT2D eigenvalue weighted by molar-refractivity contribution is 0.287. The molecule has 98 valence electrons. The summed E-state index contributed by atoms with van der Waals surface area (Å²) in [7, 11) is 0. The van der Waals surface area contributed by atoms with E-state index in [9.17, 15) is 0 Å². The predicted octanol–water partition coefficient (Wildman–Crippen LogP) is 2.79. The molecule has 0 bridgehead atoms. The van der Waals surface area contributed by atoms with Crippen molar-refractivity contribution in [2.24, 2.45) is 0 Å². The molecule has 3 aromatic rings. The summed E-state index contributed by atoms with van der Waals surface area (Å²) >= 11 is 0. The topological polar surface area (TPSA) is 64.7 Å². The van der Waals surface area contributed by atoms with E-state index in [0.29, 0.717) is 0 Å². The second-order valence-corrected chi connectivity index (χ2v) is 4.73. The summed E-state index contributed by atoms with van der Waals surface area (Å²) in [5.41, 5.74) is 4.31. The van der Waals surface area contributed by atoms with Gasteiger partial charge < -0.3 is 15.1 Å². The van der Waals surface area contributed by atoms with Gasteiger partial charge in [0.25, 0.3) is 0 Å². The van der Waals surface area contributed by atoms with E-state index in [4.69, 9.17) is 5.11 Å². The van der Waals surface area contributed by atoms with Crippen molar-refractivity contribution >= 4 is 10.9 Å². The first-order chi connectivity index (χ1) is 9.29. The summed E-state index contributed by atoms with van der Waals surface area (Å²) in [6, 6.07) is 8.22. The molecule has 0 unspecified atom stereocenters. The maximum atomic E-state index is 8.88. The Morgan fingerprint density at radius 1 is 1.26 bits per heavy atom. The Labute approximate surface area is 111 Å². The van der Waals surface area contributed by atoms with Crippen LogP contribution in [0.2, 0.25) is 0 Å². The van der Waals surface area contributed by atoms with E-state index in [1.807, 2.05) is 25.3 Å². The number of nitrogens with zero attached hydrogens (tertiary/aromatic N) is 1. The van der Waals surface area contributed by atoms with Crippen molar-refractivity contribution in [3.8, 4) is 11.3 Å². The van der Waals surface area contributed by atoms with Gasteiger partial charge in [-0.3, -0.25) is 0 Å². The van der Waals surface area contributed by atoms with Gasteiger partial charge in [-0.05, 0) is 19.4 Å². The number of imidazole rings is 1. The summed E-state index contributed by atoms with van der Waals surface area (Å²) in [5.74, 6) is 0.937. The van der Waals surface area contributed by atoms with Crippen molar-refractivity contribution in [1.82, 2.24) is 15.0 Å². The Balaban J connectivity index is 2.04. The molecule has 0 aliphatic carbocycles. The highest BCUT2D eigenvalue weighted by Crippen LogP contribution is 2.29. The van der Waals surface area contributed by atoms with Crippen LogP contribution in [-0.2, 0) is 6.42 Å². The van der Waals surface area contributed by atoms with Crippen LogP contribution in [0.25, 0.3) is 22.2 Å². The number of aromatic nitrogens is 3. The number of hydrogen-bond donors (Lipinski definition) is 3. The number of nitrogens with one attached hydrogen (secondary N) is 2. The van der Waals surface area contributed by atoms with Crippen molar-refractivity contribution in [2.45, 2.75) is 19.8 Å². The minimum atomic E-state index is 0.197. The van der Waals surface area contributed by atoms with Crippen molar-refractivity contribution in [3.05, 3.63) is 42.0 Å². The van der Waals surface area contributed by atoms with Gasteiger partial charge in [0.05, 0.1) is 5.69 Å². The van der Waals surface area contributed by atoms with E-state index in [0.717, 1.165) is 41.1 Å². The molecule has 0 radical (unpaired) electrons. The molecule has 0 aliphatic rings. The molecule has 3 N–H and O–H groups in total. The van der Waals surface area contributed by atoms with Gasteiger partial charge in [0.1, 0.15) is 5.82 Å². The molecule has 0 saturated carbocycles. The molecule has 0 fully saturated rings. The number of aliphatic hydroxyl groups excluding tert-OH is 1. The first-order valence-electron chi connectivity index (χ1n) is 6.52. The van der Waals surface area contributed by atoms with Crippen LogP contribution in [0.5, 0.6) is 0 Å². The number of hydrogen-bond acceptors (Lipinski definition) is 2. The molecule has 4 heteroatoms. The molecule has 0 aliphatic heterocycles. The normalized spacial score (nSPS) is 11.3. The fourth-order valence-electron chi connectivity index (χ4n) is 2.42. The predicted molar refractivity (Wildman–Crippen MR) is 76.0 cm³/mol. The van der Waals surface area contributed by atoms with E-state index in [1.54, 1.807) is 0 Å². The van der Waals surface area contributed by atoms with Crippen LogP contribution in [0.4, 0.5) is 0 Å². The van der Waals surface area contributed by atoms with E-state index >= 15 is 0 Å². The minimum Gasteiger partial charge on any atom is -0.396 e. The third kappa shape index (κ3) is 2.15. The monoisotopic (exact) mass is 255 g/mol. The fourth-order valence-corrected chi connectivity index (χ4v) is 2.42. The fraction of sp³-hybridized carbons (Fsp3) is 0.267. The first kappa shape index (κ1) is 12.0. The van der Waals surface area contributed by atoms with Gasteiger partial charge in [-0.1, -0.05) is 18.2 Å². The summed E-state index contributed by atoms with van der Waals surface area (Å²) in [4.78, 5) is 11.2. The van der Waals surface area contributed by atoms with Crippen molar-refractivity contribution in [2.75, 3.05) is 6.61 Å². The summed E-state index contributed by atoms with van der Waals surface area (Å²) in [5, 5.41) is 10.1. The van der Waals surface area contributed by atoms with E-state index < -0.39 is 0 Å². The van der Waals surface area contributed by atoms with Crippen molar-refractivity contribution in [1.29, 1.82) is 0 Å². The Kier molecular flexibility index (Phi) is 3.09. The van der Waals surface area contributed by atoms with Crippen LogP contribution in [0.1, 0.15) is 17.9 Å². The first-order valence-corrected chi connectivity index (χ1v) is 6.52. The molecule has 4 nitrogen and oxygen atoms in total. The Morgan fingerprint density at radius 2 is 2.11 bits per heavy atom. The molecule has 2 aromatic heterocycles. The summed E-state index contributed by atoms with van der Waals surface area (Å²) in [6.07, 6.45) is 3.52. The van der Waals surface area contributed by atoms with E-state index in [-0.39, 0.29) is 6.61 Å². The average Bonchev–Trinajstić information content (AvgIpc) is 2.99. The molecule has 2 heterocycles. The number of aryl methyl sites for hydroxylation is 2. The number of aromatic amines is 2. The lowest BCUT2D eigenvalue weighted by Gasteiger charge is -1.96. The third-order valence-corrected chi connectivity index (χ3v) is 3.35. The highest BCUT2D eigenvalue weighted by Gasteiger charge is 2.12. The zero-order chi connectivity index (χ0) is 13.2. The third-order valence-electron chi connectivity index (χ3n) is 3.35. The van der Waals surface area contributed by atoms with Crippen molar-refractivity contribution in [3.63, 3.8) is 0 Å². The second-order valence-electron chi connectivity index (χ2n) is 4.73. The lowest BCUT2D eigenvalue weighted by atomic mass is 10.1. The molecule has 0 atom stereocenters. The van der Waals surface area contributed by atoms with Gasteiger partial charge in [-0.25, -0.2) is 4.98 Å². The molecular weight excluding hydrogens is 238 g/mol. The summed E-state index contributed by atoms with van der Waals surface area (Å²) < 4.78 is 0. The van der Waals surface area contributed by atoms with Crippen LogP contribution >= 0.6 is 0 Å². The minimum absolute atomic E-state index is 0.197. The molecule has 19 heavy (non-hydrogen) atoms. The van der Waals surface area contributed by atoms with Crippen molar-refractivity contribution < 1.29 is 5.11 Å². The zero-order valence-corrected chi connectivity index (χ0v) is 10.9. The molecule has 0 saturated heterocycles. The number of benzene rings is 1. The maximum Gasteiger partial charge on any atom is 0.107 e. The summed E-state index contributed by atoms with van der Waals surface area (Å²) in [6.45, 7) is 2.23. The van der Waals surface area contributed by atoms with Crippen LogP contribution in [-0.4, -0.2) is 26.7 Å². The SMILES string of the molecule is Cc1[nH]c(CCCO)nc1-c1c[nH]c2ccccc12. The Hall–Kier alpha value is -2.07. The Morgan fingerprint density at radius 3 is 2.95 bits per heavy atom. The van der Waals surface area contributed by atoms with Gasteiger partial charge in [-0.15, -0.1) is 0 Å². The molecular formula is C15H17N3O. The van der Waals surface area contributed by atoms with E-state index in [1.165, 1.54) is 5.39 Å². The zero-order valence-electron chi connectivity index (χ0n) is 10.9. The number of H-pyrrole nitrogens is 2. The van der Waals surface area contributed by atoms with Crippen LogP contribution in [0.15, 0.2) is 30.5 Å². The Bertz CT molecular complexity index is 696. The number of fused-ring (bicyclic) bond motifs is 1. The molecule has 0 spiro atoms. The van der Waals surface area contributed by atoms with Gasteiger partial charge in [0, 0.05) is 41.4 Å². The molecule has 0 amide bonds. The highest BCUT2D eigenvalue weighted by molar-refractivity contribution is 5.95. The van der Waals surface area contributed by atoms with E-state index in [2.05, 4.69) is 27.1 Å². The number of para-hydroxylation sites is 1. The van der Waals surface area contributed by atoms with Gasteiger partial charge in [0.2, 0.25) is 0 Å². The molecule has 1 aromatic carbocycles.